The summed E-state index contributed by atoms with van der Waals surface area (Å²) in [5.74, 6) is 2.28. The Hall–Kier alpha value is -0.590. The van der Waals surface area contributed by atoms with Gasteiger partial charge in [-0.15, -0.1) is 0 Å². The van der Waals surface area contributed by atoms with Gasteiger partial charge in [-0.25, -0.2) is 0 Å². The largest absolute Gasteiger partial charge is 0.299 e. The second-order valence-corrected chi connectivity index (χ2v) is 5.27. The molecule has 4 aliphatic rings. The van der Waals surface area contributed by atoms with Crippen LogP contribution >= 0.6 is 0 Å². The SMILES string of the molecule is CC1=CC[C@H]2[C@H]3C(=O)CC[C@@]2(C)[C@@H]13. The Balaban J connectivity index is 2.07. The summed E-state index contributed by atoms with van der Waals surface area (Å²) in [6.07, 6.45) is 5.51. The number of ketones is 1. The quantitative estimate of drug-likeness (QED) is 0.518. The van der Waals surface area contributed by atoms with Crippen molar-refractivity contribution in [2.75, 3.05) is 0 Å². The summed E-state index contributed by atoms with van der Waals surface area (Å²) < 4.78 is 0. The maximum Gasteiger partial charge on any atom is 0.136 e. The van der Waals surface area contributed by atoms with Gasteiger partial charge in [0.1, 0.15) is 5.78 Å². The van der Waals surface area contributed by atoms with Gasteiger partial charge >= 0.3 is 0 Å². The molecule has 0 radical (unpaired) electrons. The minimum Gasteiger partial charge on any atom is -0.299 e. The van der Waals surface area contributed by atoms with Crippen LogP contribution in [-0.4, -0.2) is 5.78 Å². The summed E-state index contributed by atoms with van der Waals surface area (Å²) >= 11 is 0. The van der Waals surface area contributed by atoms with Crippen molar-refractivity contribution in [2.24, 2.45) is 23.2 Å². The topological polar surface area (TPSA) is 17.1 Å². The molecule has 0 heterocycles. The molecular weight excluding hydrogens is 160 g/mol. The number of carbonyl (C=O) groups excluding carboxylic acids is 1. The maximum absolute atomic E-state index is 11.7. The Morgan fingerprint density at radius 3 is 2.92 bits per heavy atom. The molecule has 0 aliphatic heterocycles. The monoisotopic (exact) mass is 176 g/mol. The fourth-order valence-corrected chi connectivity index (χ4v) is 4.13. The first-order valence-corrected chi connectivity index (χ1v) is 5.34. The zero-order valence-corrected chi connectivity index (χ0v) is 8.34. The van der Waals surface area contributed by atoms with E-state index in [0.717, 1.165) is 19.3 Å². The van der Waals surface area contributed by atoms with Gasteiger partial charge < -0.3 is 0 Å². The zero-order valence-electron chi connectivity index (χ0n) is 8.34. The van der Waals surface area contributed by atoms with E-state index >= 15 is 0 Å². The average molecular weight is 176 g/mol. The van der Waals surface area contributed by atoms with E-state index in [9.17, 15) is 4.79 Å². The van der Waals surface area contributed by atoms with E-state index in [1.165, 1.54) is 5.57 Å². The average Bonchev–Trinajstić information content (AvgIpc) is 2.10. The maximum atomic E-state index is 11.7. The number of carbonyl (C=O) groups is 1. The van der Waals surface area contributed by atoms with Crippen molar-refractivity contribution in [1.29, 1.82) is 0 Å². The third kappa shape index (κ3) is 0.685. The molecular formula is C12H16O. The number of hydrogen-bond acceptors (Lipinski definition) is 1. The van der Waals surface area contributed by atoms with Crippen LogP contribution in [0.15, 0.2) is 11.6 Å². The molecule has 0 aromatic rings. The van der Waals surface area contributed by atoms with Crippen molar-refractivity contribution in [2.45, 2.75) is 33.1 Å². The van der Waals surface area contributed by atoms with Crippen molar-refractivity contribution in [3.63, 3.8) is 0 Å². The van der Waals surface area contributed by atoms with Gasteiger partial charge in [-0.05, 0) is 37.0 Å². The molecule has 4 atom stereocenters. The number of hydrogen-bond donors (Lipinski definition) is 0. The normalized spacial score (nSPS) is 52.6. The highest BCUT2D eigenvalue weighted by Gasteiger charge is 2.65. The highest BCUT2D eigenvalue weighted by Crippen LogP contribution is 2.68. The van der Waals surface area contributed by atoms with Gasteiger partial charge in [0, 0.05) is 12.3 Å². The fourth-order valence-electron chi connectivity index (χ4n) is 4.13. The van der Waals surface area contributed by atoms with Crippen LogP contribution in [0.2, 0.25) is 0 Å². The van der Waals surface area contributed by atoms with Gasteiger partial charge in [0.05, 0.1) is 0 Å². The van der Waals surface area contributed by atoms with Crippen LogP contribution in [0.3, 0.4) is 0 Å². The molecule has 0 saturated heterocycles. The number of allylic oxidation sites excluding steroid dienone is 2. The molecule has 4 rings (SSSR count). The lowest BCUT2D eigenvalue weighted by Gasteiger charge is -2.65. The lowest BCUT2D eigenvalue weighted by molar-refractivity contribution is -0.169. The van der Waals surface area contributed by atoms with E-state index < -0.39 is 0 Å². The number of Topliss-reactive ketones (excluding diaryl/α,β-unsaturated/α-hetero) is 1. The van der Waals surface area contributed by atoms with E-state index in [-0.39, 0.29) is 0 Å². The zero-order chi connectivity index (χ0) is 9.22. The van der Waals surface area contributed by atoms with Crippen molar-refractivity contribution in [1.82, 2.24) is 0 Å². The minimum absolute atomic E-state index is 0.420. The van der Waals surface area contributed by atoms with E-state index in [4.69, 9.17) is 0 Å². The molecule has 13 heavy (non-hydrogen) atoms. The van der Waals surface area contributed by atoms with Crippen LogP contribution in [0.25, 0.3) is 0 Å². The summed E-state index contributed by atoms with van der Waals surface area (Å²) in [5.41, 5.74) is 1.99. The second-order valence-electron chi connectivity index (χ2n) is 5.27. The third-order valence-electron chi connectivity index (χ3n) is 4.82. The molecule has 4 bridgehead atoms. The van der Waals surface area contributed by atoms with E-state index in [2.05, 4.69) is 19.9 Å². The molecule has 1 heteroatoms. The highest BCUT2D eigenvalue weighted by molar-refractivity contribution is 5.85. The summed E-state index contributed by atoms with van der Waals surface area (Å²) in [5, 5.41) is 0. The first-order chi connectivity index (χ1) is 6.14. The predicted molar refractivity (Wildman–Crippen MR) is 51.2 cm³/mol. The lowest BCUT2D eigenvalue weighted by Crippen LogP contribution is -2.63. The predicted octanol–water partition coefficient (Wildman–Crippen LogP) is 2.57. The van der Waals surface area contributed by atoms with E-state index in [1.807, 2.05) is 0 Å². The first-order valence-electron chi connectivity index (χ1n) is 5.34. The van der Waals surface area contributed by atoms with Crippen molar-refractivity contribution in [3.8, 4) is 0 Å². The van der Waals surface area contributed by atoms with Crippen LogP contribution in [0, 0.1) is 23.2 Å². The number of fused-ring (bicyclic) bond motifs is 1. The molecule has 0 unspecified atom stereocenters. The first kappa shape index (κ1) is 7.78. The Labute approximate surface area is 79.2 Å². The van der Waals surface area contributed by atoms with E-state index in [1.54, 1.807) is 0 Å². The van der Waals surface area contributed by atoms with Crippen LogP contribution in [0.4, 0.5) is 0 Å². The molecule has 0 aromatic heterocycles. The molecule has 0 N–H and O–H groups in total. The lowest BCUT2D eigenvalue weighted by atomic mass is 9.37. The molecule has 1 nitrogen and oxygen atoms in total. The smallest absolute Gasteiger partial charge is 0.136 e. The molecule has 0 spiro atoms. The minimum atomic E-state index is 0.420. The third-order valence-corrected chi connectivity index (χ3v) is 4.82. The fraction of sp³-hybridized carbons (Fsp3) is 0.750. The highest BCUT2D eigenvalue weighted by atomic mass is 16.1. The summed E-state index contributed by atoms with van der Waals surface area (Å²) in [6, 6.07) is 0. The Bertz CT molecular complexity index is 315. The van der Waals surface area contributed by atoms with Gasteiger partial charge in [0.25, 0.3) is 0 Å². The molecule has 2 fully saturated rings. The van der Waals surface area contributed by atoms with Gasteiger partial charge in [0.15, 0.2) is 0 Å². The Morgan fingerprint density at radius 2 is 2.31 bits per heavy atom. The van der Waals surface area contributed by atoms with Gasteiger partial charge in [0.2, 0.25) is 0 Å². The van der Waals surface area contributed by atoms with Crippen LogP contribution in [0.1, 0.15) is 33.1 Å². The number of rotatable bonds is 0. The van der Waals surface area contributed by atoms with Gasteiger partial charge in [-0.1, -0.05) is 18.6 Å². The summed E-state index contributed by atoms with van der Waals surface area (Å²) in [4.78, 5) is 11.7. The van der Waals surface area contributed by atoms with Crippen molar-refractivity contribution in [3.05, 3.63) is 11.6 Å². The standard InChI is InChI=1S/C12H16O/c1-7-3-4-8-10-9(13)5-6-12(8,2)11(7)10/h3,8,10-11H,4-6H2,1-2H3/t8-,10-,11-,12+/m0/s1. The molecule has 0 aromatic carbocycles. The van der Waals surface area contributed by atoms with E-state index in [0.29, 0.717) is 29.0 Å². The van der Waals surface area contributed by atoms with Crippen LogP contribution < -0.4 is 0 Å². The summed E-state index contributed by atoms with van der Waals surface area (Å²) in [7, 11) is 0. The molecule has 0 amide bonds. The van der Waals surface area contributed by atoms with Crippen LogP contribution in [-0.2, 0) is 4.79 Å². The summed E-state index contributed by atoms with van der Waals surface area (Å²) in [6.45, 7) is 4.60. The van der Waals surface area contributed by atoms with Gasteiger partial charge in [-0.2, -0.15) is 0 Å². The Kier molecular flexibility index (Phi) is 1.24. The molecule has 70 valence electrons. The van der Waals surface area contributed by atoms with Crippen LogP contribution in [0.5, 0.6) is 0 Å². The molecule has 4 aliphatic carbocycles. The second kappa shape index (κ2) is 2.08. The molecule has 2 saturated carbocycles. The van der Waals surface area contributed by atoms with Crippen molar-refractivity contribution >= 4 is 5.78 Å². The van der Waals surface area contributed by atoms with Crippen molar-refractivity contribution < 1.29 is 4.79 Å². The Morgan fingerprint density at radius 1 is 1.54 bits per heavy atom. The van der Waals surface area contributed by atoms with Gasteiger partial charge in [-0.3, -0.25) is 4.79 Å².